The third kappa shape index (κ3) is 2.86. The summed E-state index contributed by atoms with van der Waals surface area (Å²) in [5.41, 5.74) is 2.04. The topological polar surface area (TPSA) is 30.7 Å². The van der Waals surface area contributed by atoms with Crippen LogP contribution in [0, 0.1) is 6.92 Å². The van der Waals surface area contributed by atoms with Crippen LogP contribution >= 0.6 is 0 Å². The van der Waals surface area contributed by atoms with E-state index < -0.39 is 0 Å². The van der Waals surface area contributed by atoms with E-state index >= 15 is 0 Å². The number of allylic oxidation sites excluding steroid dienone is 5. The van der Waals surface area contributed by atoms with E-state index in [0.717, 1.165) is 22.9 Å². The standard InChI is InChI=1S/C20H19N3/c1-4-8-19(9-5-2)23-15(3)21-22-20(23)18-13-12-16-10-6-7-11-17(16)14-18/h4-14H,1H2,2-3H3/b9-5-,19-8+. The van der Waals surface area contributed by atoms with Gasteiger partial charge in [-0.05, 0) is 42.8 Å². The number of nitrogens with zero attached hydrogens (tertiary/aromatic N) is 3. The second kappa shape index (κ2) is 6.44. The van der Waals surface area contributed by atoms with Gasteiger partial charge in [-0.3, -0.25) is 4.57 Å². The first-order chi connectivity index (χ1) is 11.2. The minimum Gasteiger partial charge on any atom is -0.279 e. The Balaban J connectivity index is 2.19. The minimum atomic E-state index is 0.833. The van der Waals surface area contributed by atoms with Crippen molar-refractivity contribution in [3.8, 4) is 11.4 Å². The smallest absolute Gasteiger partial charge is 0.168 e. The van der Waals surface area contributed by atoms with E-state index in [1.54, 1.807) is 6.08 Å². The van der Waals surface area contributed by atoms with Gasteiger partial charge in [-0.1, -0.05) is 55.1 Å². The number of hydrogen-bond donors (Lipinski definition) is 0. The molecule has 0 spiro atoms. The third-order valence-electron chi connectivity index (χ3n) is 3.72. The molecule has 1 heterocycles. The summed E-state index contributed by atoms with van der Waals surface area (Å²) in [6.45, 7) is 7.75. The Kier molecular flexibility index (Phi) is 4.20. The van der Waals surface area contributed by atoms with E-state index in [1.165, 1.54) is 10.8 Å². The molecule has 0 aliphatic carbocycles. The second-order valence-electron chi connectivity index (χ2n) is 5.30. The lowest BCUT2D eigenvalue weighted by molar-refractivity contribution is 0.993. The molecular weight excluding hydrogens is 282 g/mol. The highest BCUT2D eigenvalue weighted by Crippen LogP contribution is 2.26. The summed E-state index contributed by atoms with van der Waals surface area (Å²) in [4.78, 5) is 0. The zero-order valence-electron chi connectivity index (χ0n) is 13.4. The van der Waals surface area contributed by atoms with Crippen LogP contribution in [0.4, 0.5) is 0 Å². The molecule has 3 nitrogen and oxygen atoms in total. The molecule has 0 unspecified atom stereocenters. The van der Waals surface area contributed by atoms with Crippen LogP contribution in [0.1, 0.15) is 12.7 Å². The fourth-order valence-corrected chi connectivity index (χ4v) is 2.68. The molecule has 3 heteroatoms. The number of fused-ring (bicyclic) bond motifs is 1. The van der Waals surface area contributed by atoms with E-state index in [4.69, 9.17) is 0 Å². The zero-order valence-corrected chi connectivity index (χ0v) is 13.4. The largest absolute Gasteiger partial charge is 0.279 e. The first kappa shape index (κ1) is 15.0. The lowest BCUT2D eigenvalue weighted by atomic mass is 10.1. The van der Waals surface area contributed by atoms with Gasteiger partial charge in [0.25, 0.3) is 0 Å². The van der Waals surface area contributed by atoms with Crippen molar-refractivity contribution in [3.63, 3.8) is 0 Å². The number of aryl methyl sites for hydroxylation is 1. The van der Waals surface area contributed by atoms with Crippen molar-refractivity contribution in [3.05, 3.63) is 79.2 Å². The fourth-order valence-electron chi connectivity index (χ4n) is 2.68. The van der Waals surface area contributed by atoms with Gasteiger partial charge in [-0.2, -0.15) is 0 Å². The molecule has 0 aliphatic heterocycles. The van der Waals surface area contributed by atoms with E-state index in [2.05, 4.69) is 47.1 Å². The minimum absolute atomic E-state index is 0.833. The Labute approximate surface area is 136 Å². The first-order valence-corrected chi connectivity index (χ1v) is 7.61. The Morgan fingerprint density at radius 1 is 1.09 bits per heavy atom. The van der Waals surface area contributed by atoms with Crippen LogP contribution < -0.4 is 0 Å². The van der Waals surface area contributed by atoms with Crippen LogP contribution in [-0.2, 0) is 0 Å². The van der Waals surface area contributed by atoms with Crippen molar-refractivity contribution < 1.29 is 0 Å². The molecule has 0 fully saturated rings. The van der Waals surface area contributed by atoms with Crippen molar-refractivity contribution in [1.82, 2.24) is 14.8 Å². The van der Waals surface area contributed by atoms with Gasteiger partial charge in [0.1, 0.15) is 5.82 Å². The van der Waals surface area contributed by atoms with Gasteiger partial charge < -0.3 is 0 Å². The normalized spacial score (nSPS) is 12.2. The molecule has 0 atom stereocenters. The summed E-state index contributed by atoms with van der Waals surface area (Å²) in [7, 11) is 0. The monoisotopic (exact) mass is 301 g/mol. The van der Waals surface area contributed by atoms with E-state index in [-0.39, 0.29) is 0 Å². The number of hydrogen-bond acceptors (Lipinski definition) is 2. The summed E-state index contributed by atoms with van der Waals surface area (Å²) in [6.07, 6.45) is 7.77. The van der Waals surface area contributed by atoms with E-state index in [1.807, 2.05) is 48.8 Å². The predicted octanol–water partition coefficient (Wildman–Crippen LogP) is 5.01. The van der Waals surface area contributed by atoms with Gasteiger partial charge in [-0.15, -0.1) is 10.2 Å². The molecular formula is C20H19N3. The van der Waals surface area contributed by atoms with Gasteiger partial charge >= 0.3 is 0 Å². The maximum atomic E-state index is 4.38. The van der Waals surface area contributed by atoms with Crippen LogP contribution in [-0.4, -0.2) is 14.8 Å². The summed E-state index contributed by atoms with van der Waals surface area (Å²) in [5, 5.41) is 11.1. The zero-order chi connectivity index (χ0) is 16.2. The summed E-state index contributed by atoms with van der Waals surface area (Å²) in [6, 6.07) is 14.7. The molecule has 0 bridgehead atoms. The van der Waals surface area contributed by atoms with Gasteiger partial charge in [0.05, 0.1) is 0 Å². The number of rotatable bonds is 4. The van der Waals surface area contributed by atoms with Crippen molar-refractivity contribution >= 4 is 16.5 Å². The van der Waals surface area contributed by atoms with Crippen LogP contribution in [0.15, 0.2) is 73.3 Å². The summed E-state index contributed by atoms with van der Waals surface area (Å²) < 4.78 is 2.05. The molecule has 23 heavy (non-hydrogen) atoms. The molecule has 0 radical (unpaired) electrons. The lowest BCUT2D eigenvalue weighted by Crippen LogP contribution is -2.00. The first-order valence-electron chi connectivity index (χ1n) is 7.61. The van der Waals surface area contributed by atoms with E-state index in [0.29, 0.717) is 0 Å². The predicted molar refractivity (Wildman–Crippen MR) is 97.0 cm³/mol. The second-order valence-corrected chi connectivity index (χ2v) is 5.30. The molecule has 0 amide bonds. The Bertz CT molecular complexity index is 914. The van der Waals surface area contributed by atoms with Crippen LogP contribution in [0.3, 0.4) is 0 Å². The van der Waals surface area contributed by atoms with Gasteiger partial charge in [0.2, 0.25) is 0 Å². The Hall–Kier alpha value is -2.94. The highest BCUT2D eigenvalue weighted by molar-refractivity contribution is 5.86. The van der Waals surface area contributed by atoms with Crippen molar-refractivity contribution in [1.29, 1.82) is 0 Å². The Morgan fingerprint density at radius 3 is 2.61 bits per heavy atom. The highest BCUT2D eigenvalue weighted by Gasteiger charge is 2.13. The van der Waals surface area contributed by atoms with Crippen LogP contribution in [0.5, 0.6) is 0 Å². The fraction of sp³-hybridized carbons (Fsp3) is 0.100. The van der Waals surface area contributed by atoms with Crippen molar-refractivity contribution in [2.75, 3.05) is 0 Å². The Morgan fingerprint density at radius 2 is 1.87 bits per heavy atom. The number of aromatic nitrogens is 3. The highest BCUT2D eigenvalue weighted by atomic mass is 15.3. The molecule has 0 aliphatic rings. The average molecular weight is 301 g/mol. The van der Waals surface area contributed by atoms with Gasteiger partial charge in [0.15, 0.2) is 5.82 Å². The van der Waals surface area contributed by atoms with Crippen LogP contribution in [0.25, 0.3) is 27.9 Å². The lowest BCUT2D eigenvalue weighted by Gasteiger charge is -2.10. The summed E-state index contributed by atoms with van der Waals surface area (Å²) in [5.74, 6) is 1.68. The molecule has 3 rings (SSSR count). The van der Waals surface area contributed by atoms with Crippen molar-refractivity contribution in [2.24, 2.45) is 0 Å². The maximum Gasteiger partial charge on any atom is 0.168 e. The third-order valence-corrected chi connectivity index (χ3v) is 3.72. The average Bonchev–Trinajstić information content (AvgIpc) is 2.96. The SMILES string of the molecule is C=C/C=C(\C=C/C)n1c(C)nnc1-c1ccc2ccccc2c1. The maximum absolute atomic E-state index is 4.38. The summed E-state index contributed by atoms with van der Waals surface area (Å²) >= 11 is 0. The van der Waals surface area contributed by atoms with Gasteiger partial charge in [0, 0.05) is 11.3 Å². The molecule has 2 aromatic carbocycles. The van der Waals surface area contributed by atoms with Crippen LogP contribution in [0.2, 0.25) is 0 Å². The molecule has 0 saturated heterocycles. The molecule has 0 saturated carbocycles. The molecule has 1 aromatic heterocycles. The van der Waals surface area contributed by atoms with Gasteiger partial charge in [-0.25, -0.2) is 0 Å². The quantitative estimate of drug-likeness (QED) is 0.634. The van der Waals surface area contributed by atoms with Crippen molar-refractivity contribution in [2.45, 2.75) is 13.8 Å². The number of benzene rings is 2. The van der Waals surface area contributed by atoms with E-state index in [9.17, 15) is 0 Å². The molecule has 114 valence electrons. The molecule has 0 N–H and O–H groups in total. The molecule has 3 aromatic rings.